The van der Waals surface area contributed by atoms with Gasteiger partial charge in [-0.05, 0) is 24.3 Å². The molecule has 0 aliphatic carbocycles. The molecule has 0 saturated heterocycles. The van der Waals surface area contributed by atoms with E-state index in [9.17, 15) is 21.6 Å². The normalized spacial score (nSPS) is 18.5. The number of hydrogen-bond donors (Lipinski definition) is 1. The van der Waals surface area contributed by atoms with Crippen molar-refractivity contribution in [3.63, 3.8) is 0 Å². The summed E-state index contributed by atoms with van der Waals surface area (Å²) in [7, 11) is -3.41. The number of anilines is 2. The van der Waals surface area contributed by atoms with Gasteiger partial charge in [0.1, 0.15) is 5.82 Å². The monoisotopic (exact) mass is 360 g/mol. The van der Waals surface area contributed by atoms with Gasteiger partial charge >= 0.3 is 6.18 Å². The van der Waals surface area contributed by atoms with Crippen molar-refractivity contribution in [2.75, 3.05) is 17.7 Å². The van der Waals surface area contributed by atoms with Crippen LogP contribution >= 0.6 is 0 Å². The number of alkyl halides is 3. The molecule has 2 aromatic rings. The van der Waals surface area contributed by atoms with Crippen LogP contribution in [0.5, 0.6) is 0 Å². The Bertz CT molecular complexity index is 830. The smallest absolute Gasteiger partial charge is 0.325 e. The Kier molecular flexibility index (Phi) is 4.04. The van der Waals surface area contributed by atoms with Gasteiger partial charge in [0.05, 0.1) is 30.6 Å². The maximum atomic E-state index is 12.7. The predicted octanol–water partition coefficient (Wildman–Crippen LogP) is 1.97. The minimum atomic E-state index is -4.40. The SMILES string of the molecule is CS(=O)(=O)NC1CN(c2ccc(C(F)(F)F)cc2)c2ccnn2C1. The maximum absolute atomic E-state index is 12.7. The molecule has 0 radical (unpaired) electrons. The number of benzene rings is 1. The van der Waals surface area contributed by atoms with Crippen LogP contribution in [0, 0.1) is 0 Å². The number of nitrogens with one attached hydrogen (secondary N) is 1. The Labute approximate surface area is 136 Å². The molecule has 10 heteroatoms. The number of sulfonamides is 1. The first kappa shape index (κ1) is 16.8. The van der Waals surface area contributed by atoms with Crippen molar-refractivity contribution in [1.82, 2.24) is 14.5 Å². The molecular weight excluding hydrogens is 345 g/mol. The third-order valence-corrected chi connectivity index (χ3v) is 4.42. The third kappa shape index (κ3) is 3.54. The highest BCUT2D eigenvalue weighted by Gasteiger charge is 2.31. The zero-order chi connectivity index (χ0) is 17.5. The van der Waals surface area contributed by atoms with Gasteiger partial charge in [-0.3, -0.25) is 0 Å². The van der Waals surface area contributed by atoms with E-state index < -0.39 is 27.8 Å². The number of halogens is 3. The van der Waals surface area contributed by atoms with Gasteiger partial charge in [-0.2, -0.15) is 18.3 Å². The number of nitrogens with zero attached hydrogens (tertiary/aromatic N) is 3. The summed E-state index contributed by atoms with van der Waals surface area (Å²) in [6, 6.07) is 6.03. The van der Waals surface area contributed by atoms with Crippen LogP contribution in [0.1, 0.15) is 5.56 Å². The molecule has 1 atom stereocenters. The molecule has 0 amide bonds. The van der Waals surface area contributed by atoms with E-state index in [2.05, 4.69) is 9.82 Å². The van der Waals surface area contributed by atoms with Crippen LogP contribution in [0.4, 0.5) is 24.7 Å². The van der Waals surface area contributed by atoms with E-state index in [-0.39, 0.29) is 0 Å². The Morgan fingerprint density at radius 1 is 1.17 bits per heavy atom. The van der Waals surface area contributed by atoms with Gasteiger partial charge in [-0.25, -0.2) is 17.8 Å². The van der Waals surface area contributed by atoms with Crippen LogP contribution in [-0.2, 0) is 22.7 Å². The first-order valence-corrected chi connectivity index (χ1v) is 8.96. The van der Waals surface area contributed by atoms with Crippen molar-refractivity contribution < 1.29 is 21.6 Å². The second-order valence-electron chi connectivity index (χ2n) is 5.61. The molecule has 1 aromatic carbocycles. The average Bonchev–Trinajstić information content (AvgIpc) is 2.92. The number of rotatable bonds is 3. The third-order valence-electron chi connectivity index (χ3n) is 3.65. The lowest BCUT2D eigenvalue weighted by Gasteiger charge is -2.34. The highest BCUT2D eigenvalue weighted by molar-refractivity contribution is 7.88. The molecule has 1 aliphatic heterocycles. The first-order chi connectivity index (χ1) is 11.1. The molecule has 0 bridgehead atoms. The molecule has 6 nitrogen and oxygen atoms in total. The summed E-state index contributed by atoms with van der Waals surface area (Å²) < 4.78 is 65.1. The second kappa shape index (κ2) is 5.78. The standard InChI is InChI=1S/C14H15F3N4O2S/c1-24(22,23)19-11-8-20(13-6-7-18-21(13)9-11)12-4-2-10(3-5-12)14(15,16)17/h2-7,11,19H,8-9H2,1H3. The van der Waals surface area contributed by atoms with Crippen LogP contribution in [-0.4, -0.2) is 37.0 Å². The van der Waals surface area contributed by atoms with E-state index in [4.69, 9.17) is 0 Å². The molecule has 0 fully saturated rings. The molecule has 1 aromatic heterocycles. The summed E-state index contributed by atoms with van der Waals surface area (Å²) in [5.74, 6) is 0.696. The quantitative estimate of drug-likeness (QED) is 0.909. The first-order valence-electron chi connectivity index (χ1n) is 7.07. The summed E-state index contributed by atoms with van der Waals surface area (Å²) in [5.41, 5.74) is -0.202. The zero-order valence-corrected chi connectivity index (χ0v) is 13.5. The largest absolute Gasteiger partial charge is 0.416 e. The lowest BCUT2D eigenvalue weighted by Crippen LogP contribution is -2.48. The lowest BCUT2D eigenvalue weighted by atomic mass is 10.1. The Balaban J connectivity index is 1.92. The van der Waals surface area contributed by atoms with Crippen LogP contribution < -0.4 is 9.62 Å². The molecule has 3 rings (SSSR count). The average molecular weight is 360 g/mol. The van der Waals surface area contributed by atoms with Crippen LogP contribution in [0.2, 0.25) is 0 Å². The molecule has 0 spiro atoms. The van der Waals surface area contributed by atoms with Gasteiger partial charge in [0.25, 0.3) is 0 Å². The fourth-order valence-electron chi connectivity index (χ4n) is 2.72. The summed E-state index contributed by atoms with van der Waals surface area (Å²) >= 11 is 0. The van der Waals surface area contributed by atoms with Crippen LogP contribution in [0.15, 0.2) is 36.5 Å². The van der Waals surface area contributed by atoms with Gasteiger partial charge in [0.15, 0.2) is 0 Å². The van der Waals surface area contributed by atoms with Gasteiger partial charge in [-0.1, -0.05) is 0 Å². The summed E-state index contributed by atoms with van der Waals surface area (Å²) in [5, 5.41) is 4.13. The van der Waals surface area contributed by atoms with Crippen molar-refractivity contribution in [2.24, 2.45) is 0 Å². The Morgan fingerprint density at radius 2 is 1.83 bits per heavy atom. The van der Waals surface area contributed by atoms with E-state index in [1.807, 2.05) is 0 Å². The summed E-state index contributed by atoms with van der Waals surface area (Å²) in [4.78, 5) is 1.74. The van der Waals surface area contributed by atoms with Gasteiger partial charge in [0, 0.05) is 18.3 Å². The highest BCUT2D eigenvalue weighted by atomic mass is 32.2. The van der Waals surface area contributed by atoms with Gasteiger partial charge in [0.2, 0.25) is 10.0 Å². The van der Waals surface area contributed by atoms with Crippen molar-refractivity contribution in [2.45, 2.75) is 18.8 Å². The second-order valence-corrected chi connectivity index (χ2v) is 7.39. The van der Waals surface area contributed by atoms with Crippen molar-refractivity contribution in [1.29, 1.82) is 0 Å². The summed E-state index contributed by atoms with van der Waals surface area (Å²) in [6.45, 7) is 0.649. The Hall–Kier alpha value is -2.07. The minimum Gasteiger partial charge on any atom is -0.325 e. The molecular formula is C14H15F3N4O2S. The predicted molar refractivity (Wildman–Crippen MR) is 82.4 cm³/mol. The number of hydrogen-bond acceptors (Lipinski definition) is 4. The van der Waals surface area contributed by atoms with E-state index in [0.29, 0.717) is 24.6 Å². The van der Waals surface area contributed by atoms with Crippen LogP contribution in [0.25, 0.3) is 0 Å². The molecule has 2 heterocycles. The van der Waals surface area contributed by atoms with Gasteiger partial charge in [-0.15, -0.1) is 0 Å². The maximum Gasteiger partial charge on any atom is 0.416 e. The highest BCUT2D eigenvalue weighted by Crippen LogP contribution is 2.33. The van der Waals surface area contributed by atoms with E-state index in [0.717, 1.165) is 18.4 Å². The fraction of sp³-hybridized carbons (Fsp3) is 0.357. The van der Waals surface area contributed by atoms with E-state index in [1.165, 1.54) is 12.1 Å². The molecule has 130 valence electrons. The van der Waals surface area contributed by atoms with Crippen LogP contribution in [0.3, 0.4) is 0 Å². The number of aromatic nitrogens is 2. The molecule has 0 saturated carbocycles. The fourth-order valence-corrected chi connectivity index (χ4v) is 3.48. The lowest BCUT2D eigenvalue weighted by molar-refractivity contribution is -0.137. The molecule has 24 heavy (non-hydrogen) atoms. The Morgan fingerprint density at radius 3 is 2.42 bits per heavy atom. The molecule has 1 N–H and O–H groups in total. The van der Waals surface area contributed by atoms with Crippen molar-refractivity contribution in [3.05, 3.63) is 42.1 Å². The van der Waals surface area contributed by atoms with E-state index in [1.54, 1.807) is 21.8 Å². The molecule has 1 aliphatic rings. The van der Waals surface area contributed by atoms with Gasteiger partial charge < -0.3 is 4.90 Å². The summed E-state index contributed by atoms with van der Waals surface area (Å²) in [6.07, 6.45) is -1.77. The minimum absolute atomic E-state index is 0.296. The zero-order valence-electron chi connectivity index (χ0n) is 12.7. The topological polar surface area (TPSA) is 67.2 Å². The van der Waals surface area contributed by atoms with Crippen molar-refractivity contribution in [3.8, 4) is 0 Å². The molecule has 1 unspecified atom stereocenters. The van der Waals surface area contributed by atoms with E-state index >= 15 is 0 Å². The number of fused-ring (bicyclic) bond motifs is 1. The van der Waals surface area contributed by atoms with Crippen molar-refractivity contribution >= 4 is 21.5 Å².